The van der Waals surface area contributed by atoms with Crippen molar-refractivity contribution in [1.29, 1.82) is 0 Å². The van der Waals surface area contributed by atoms with Gasteiger partial charge in [0.25, 0.3) is 0 Å². The molecular formula is C14H19FO2S. The van der Waals surface area contributed by atoms with Crippen molar-refractivity contribution in [2.75, 3.05) is 0 Å². The largest absolute Gasteiger partial charge is 0.389 e. The van der Waals surface area contributed by atoms with Crippen LogP contribution in [-0.4, -0.2) is 26.8 Å². The third-order valence-electron chi connectivity index (χ3n) is 3.69. The molecule has 100 valence electrons. The standard InChI is InChI=1S/C14H19FO2S/c1-9-3-6-11(7-4-9)18(17)12-8-5-10(2)13(15)14(12)16/h3-4,6-7,10,12-14,16H,5,8H2,1-2H3/t10-,12+,13-,14-,18+/m1/s1. The van der Waals surface area contributed by atoms with E-state index in [0.717, 1.165) is 5.56 Å². The van der Waals surface area contributed by atoms with Gasteiger partial charge in [-0.2, -0.15) is 0 Å². The van der Waals surface area contributed by atoms with Crippen molar-refractivity contribution in [3.63, 3.8) is 0 Å². The van der Waals surface area contributed by atoms with Crippen LogP contribution in [0.3, 0.4) is 0 Å². The first kappa shape index (κ1) is 13.7. The highest BCUT2D eigenvalue weighted by molar-refractivity contribution is 7.85. The van der Waals surface area contributed by atoms with Crippen molar-refractivity contribution < 1.29 is 13.7 Å². The van der Waals surface area contributed by atoms with Gasteiger partial charge in [0.15, 0.2) is 0 Å². The molecule has 1 aromatic rings. The minimum Gasteiger partial charge on any atom is -0.389 e. The molecule has 1 aromatic carbocycles. The lowest BCUT2D eigenvalue weighted by molar-refractivity contribution is 0.0173. The molecule has 0 saturated heterocycles. The van der Waals surface area contributed by atoms with E-state index in [0.29, 0.717) is 17.7 Å². The van der Waals surface area contributed by atoms with Gasteiger partial charge in [-0.25, -0.2) is 4.39 Å². The van der Waals surface area contributed by atoms with E-state index in [1.165, 1.54) is 0 Å². The fourth-order valence-corrected chi connectivity index (χ4v) is 3.89. The first-order valence-corrected chi connectivity index (χ1v) is 7.51. The number of hydrogen-bond donors (Lipinski definition) is 1. The van der Waals surface area contributed by atoms with Crippen LogP contribution >= 0.6 is 0 Å². The molecule has 4 heteroatoms. The molecule has 1 saturated carbocycles. The molecule has 2 nitrogen and oxygen atoms in total. The minimum atomic E-state index is -1.33. The van der Waals surface area contributed by atoms with Gasteiger partial charge in [0, 0.05) is 4.90 Å². The normalized spacial score (nSPS) is 34.2. The number of rotatable bonds is 2. The van der Waals surface area contributed by atoms with Gasteiger partial charge in [-0.1, -0.05) is 24.6 Å². The second kappa shape index (κ2) is 5.49. The average molecular weight is 270 g/mol. The van der Waals surface area contributed by atoms with E-state index >= 15 is 0 Å². The maximum Gasteiger partial charge on any atom is 0.130 e. The maximum absolute atomic E-state index is 13.8. The van der Waals surface area contributed by atoms with Crippen molar-refractivity contribution in [3.05, 3.63) is 29.8 Å². The van der Waals surface area contributed by atoms with Crippen LogP contribution in [0.2, 0.25) is 0 Å². The van der Waals surface area contributed by atoms with Crippen LogP contribution in [0, 0.1) is 12.8 Å². The summed E-state index contributed by atoms with van der Waals surface area (Å²) in [6.07, 6.45) is -1.09. The van der Waals surface area contributed by atoms with Gasteiger partial charge in [-0.15, -0.1) is 0 Å². The summed E-state index contributed by atoms with van der Waals surface area (Å²) in [6, 6.07) is 7.36. The molecule has 1 aliphatic rings. The molecule has 0 aliphatic heterocycles. The summed E-state index contributed by atoms with van der Waals surface area (Å²) in [5, 5.41) is 9.44. The molecule has 1 aliphatic carbocycles. The third-order valence-corrected chi connectivity index (χ3v) is 5.49. The molecule has 1 fully saturated rings. The zero-order chi connectivity index (χ0) is 13.3. The Morgan fingerprint density at radius 2 is 1.89 bits per heavy atom. The van der Waals surface area contributed by atoms with E-state index in [9.17, 15) is 13.7 Å². The molecule has 5 atom stereocenters. The van der Waals surface area contributed by atoms with E-state index in [4.69, 9.17) is 0 Å². The van der Waals surface area contributed by atoms with E-state index in [-0.39, 0.29) is 5.92 Å². The van der Waals surface area contributed by atoms with Gasteiger partial charge in [0.05, 0.1) is 16.0 Å². The fourth-order valence-electron chi connectivity index (χ4n) is 2.38. The number of aliphatic hydroxyl groups excluding tert-OH is 1. The van der Waals surface area contributed by atoms with Crippen molar-refractivity contribution in [3.8, 4) is 0 Å². The molecule has 2 rings (SSSR count). The monoisotopic (exact) mass is 270 g/mol. The van der Waals surface area contributed by atoms with Crippen LogP contribution in [-0.2, 0) is 10.8 Å². The van der Waals surface area contributed by atoms with Crippen LogP contribution in [0.1, 0.15) is 25.3 Å². The molecular weight excluding hydrogens is 251 g/mol. The van der Waals surface area contributed by atoms with E-state index in [1.54, 1.807) is 19.1 Å². The second-order valence-corrected chi connectivity index (χ2v) is 6.81. The van der Waals surface area contributed by atoms with Crippen LogP contribution in [0.4, 0.5) is 4.39 Å². The lowest BCUT2D eigenvalue weighted by atomic mass is 9.86. The quantitative estimate of drug-likeness (QED) is 0.897. The summed E-state index contributed by atoms with van der Waals surface area (Å²) in [5.41, 5.74) is 1.09. The summed E-state index contributed by atoms with van der Waals surface area (Å²) >= 11 is 0. The first-order valence-electron chi connectivity index (χ1n) is 6.30. The van der Waals surface area contributed by atoms with Crippen LogP contribution in [0.5, 0.6) is 0 Å². The number of benzene rings is 1. The molecule has 0 aromatic heterocycles. The number of aliphatic hydroxyl groups is 1. The van der Waals surface area contributed by atoms with Crippen molar-refractivity contribution in [1.82, 2.24) is 0 Å². The number of hydrogen-bond acceptors (Lipinski definition) is 2. The molecule has 1 N–H and O–H groups in total. The third kappa shape index (κ3) is 2.64. The van der Waals surface area contributed by atoms with Crippen molar-refractivity contribution in [2.45, 2.75) is 49.1 Å². The fraction of sp³-hybridized carbons (Fsp3) is 0.571. The Hall–Kier alpha value is -0.740. The number of halogens is 1. The van der Waals surface area contributed by atoms with Gasteiger partial charge >= 0.3 is 0 Å². The smallest absolute Gasteiger partial charge is 0.130 e. The van der Waals surface area contributed by atoms with Crippen LogP contribution in [0.25, 0.3) is 0 Å². The van der Waals surface area contributed by atoms with Crippen LogP contribution in [0.15, 0.2) is 29.2 Å². The highest BCUT2D eigenvalue weighted by atomic mass is 32.2. The zero-order valence-electron chi connectivity index (χ0n) is 10.7. The Morgan fingerprint density at radius 3 is 2.50 bits per heavy atom. The summed E-state index contributed by atoms with van der Waals surface area (Å²) < 4.78 is 26.1. The minimum absolute atomic E-state index is 0.147. The highest BCUT2D eigenvalue weighted by Crippen LogP contribution is 2.32. The second-order valence-electron chi connectivity index (χ2n) is 5.14. The number of aryl methyl sites for hydroxylation is 1. The average Bonchev–Trinajstić information content (AvgIpc) is 2.36. The lowest BCUT2D eigenvalue weighted by Crippen LogP contribution is -2.45. The van der Waals surface area contributed by atoms with E-state index in [1.807, 2.05) is 19.1 Å². The van der Waals surface area contributed by atoms with E-state index < -0.39 is 28.3 Å². The molecule has 18 heavy (non-hydrogen) atoms. The lowest BCUT2D eigenvalue weighted by Gasteiger charge is -2.33. The predicted octanol–water partition coefficient (Wildman–Crippen LogP) is 2.60. The molecule has 0 unspecified atom stereocenters. The summed E-state index contributed by atoms with van der Waals surface area (Å²) in [5.74, 6) is -0.147. The molecule has 0 amide bonds. The zero-order valence-corrected chi connectivity index (χ0v) is 11.5. The number of alkyl halides is 1. The van der Waals surface area contributed by atoms with Gasteiger partial charge in [0.1, 0.15) is 12.3 Å². The van der Waals surface area contributed by atoms with Gasteiger partial charge in [-0.05, 0) is 37.8 Å². The summed E-state index contributed by atoms with van der Waals surface area (Å²) in [6.45, 7) is 3.75. The molecule has 0 bridgehead atoms. The predicted molar refractivity (Wildman–Crippen MR) is 70.7 cm³/mol. The van der Waals surface area contributed by atoms with Crippen molar-refractivity contribution in [2.24, 2.45) is 5.92 Å². The highest BCUT2D eigenvalue weighted by Gasteiger charge is 2.39. The topological polar surface area (TPSA) is 37.3 Å². The van der Waals surface area contributed by atoms with Gasteiger partial charge in [-0.3, -0.25) is 4.21 Å². The van der Waals surface area contributed by atoms with Gasteiger partial charge < -0.3 is 5.11 Å². The Balaban J connectivity index is 2.16. The van der Waals surface area contributed by atoms with Gasteiger partial charge in [0.2, 0.25) is 0 Å². The summed E-state index contributed by atoms with van der Waals surface area (Å²) in [4.78, 5) is 0.673. The molecule has 0 spiro atoms. The SMILES string of the molecule is Cc1ccc([S@](=O)[C@H]2CC[C@@H](C)[C@@H](F)[C@@H]2O)cc1. The Labute approximate surface area is 110 Å². The Morgan fingerprint density at radius 1 is 1.28 bits per heavy atom. The Kier molecular flexibility index (Phi) is 4.17. The first-order chi connectivity index (χ1) is 8.50. The van der Waals surface area contributed by atoms with Crippen LogP contribution < -0.4 is 0 Å². The van der Waals surface area contributed by atoms with E-state index in [2.05, 4.69) is 0 Å². The maximum atomic E-state index is 13.8. The Bertz CT molecular complexity index is 432. The molecule has 0 heterocycles. The van der Waals surface area contributed by atoms with Crippen molar-refractivity contribution >= 4 is 10.8 Å². The summed E-state index contributed by atoms with van der Waals surface area (Å²) in [7, 11) is -1.33. The molecule has 0 radical (unpaired) electrons.